The molecule has 1 aromatic heterocycles. The van der Waals surface area contributed by atoms with Gasteiger partial charge in [0.1, 0.15) is 0 Å². The van der Waals surface area contributed by atoms with Crippen molar-refractivity contribution in [1.29, 1.82) is 0 Å². The Morgan fingerprint density at radius 3 is 2.68 bits per heavy atom. The number of rotatable bonds is 3. The lowest BCUT2D eigenvalue weighted by Gasteiger charge is -2.62. The first-order valence-electron chi connectivity index (χ1n) is 11.7. The maximum Gasteiger partial charge on any atom is 0.375 e. The van der Waals surface area contributed by atoms with Crippen molar-refractivity contribution in [2.75, 3.05) is 0 Å². The summed E-state index contributed by atoms with van der Waals surface area (Å²) in [5.41, 5.74) is -5.16. The van der Waals surface area contributed by atoms with Crippen molar-refractivity contribution in [3.63, 3.8) is 0 Å². The number of carbonyl (C=O) groups is 3. The number of carbonyl (C=O) groups excluding carboxylic acids is 3. The van der Waals surface area contributed by atoms with Crippen LogP contribution in [0.25, 0.3) is 0 Å². The fraction of sp³-hybridized carbons (Fsp3) is 0.577. The molecule has 4 aliphatic rings. The molecule has 8 atom stereocenters. The summed E-state index contributed by atoms with van der Waals surface area (Å²) in [6.45, 7) is 5.36. The lowest BCUT2D eigenvalue weighted by Crippen LogP contribution is -2.69. The Bertz CT molecular complexity index is 1130. The second kappa shape index (κ2) is 7.40. The number of ketones is 1. The van der Waals surface area contributed by atoms with E-state index in [1.807, 2.05) is 6.92 Å². The van der Waals surface area contributed by atoms with Crippen molar-refractivity contribution in [3.05, 3.63) is 48.0 Å². The van der Waals surface area contributed by atoms with Crippen LogP contribution in [-0.4, -0.2) is 39.3 Å². The normalized spacial score (nSPS) is 45.1. The third-order valence-corrected chi connectivity index (χ3v) is 9.81. The molecule has 3 saturated carbocycles. The van der Waals surface area contributed by atoms with Crippen LogP contribution in [0.5, 0.6) is 0 Å². The third-order valence-electron chi connectivity index (χ3n) is 9.47. The van der Waals surface area contributed by atoms with E-state index in [0.717, 1.165) is 0 Å². The maximum atomic E-state index is 17.3. The van der Waals surface area contributed by atoms with Gasteiger partial charge in [-0.3, -0.25) is 9.59 Å². The van der Waals surface area contributed by atoms with E-state index in [9.17, 15) is 19.5 Å². The van der Waals surface area contributed by atoms with Crippen molar-refractivity contribution in [3.8, 4) is 0 Å². The van der Waals surface area contributed by atoms with E-state index in [1.54, 1.807) is 26.0 Å². The van der Waals surface area contributed by atoms with Gasteiger partial charge in [0, 0.05) is 22.7 Å². The fourth-order valence-corrected chi connectivity index (χ4v) is 8.36. The summed E-state index contributed by atoms with van der Waals surface area (Å²) >= 11 is 4.17. The van der Waals surface area contributed by atoms with E-state index >= 15 is 4.39 Å². The Hall–Kier alpha value is -2.19. The van der Waals surface area contributed by atoms with Gasteiger partial charge < -0.3 is 14.3 Å². The number of ether oxygens (including phenoxy) is 1. The predicted molar refractivity (Wildman–Crippen MR) is 124 cm³/mol. The van der Waals surface area contributed by atoms with Crippen molar-refractivity contribution >= 4 is 29.5 Å². The molecule has 5 rings (SSSR count). The summed E-state index contributed by atoms with van der Waals surface area (Å²) in [5.74, 6) is -2.40. The zero-order valence-corrected chi connectivity index (χ0v) is 20.3. The first kappa shape index (κ1) is 23.5. The number of aliphatic hydroxyl groups excluding tert-OH is 1. The monoisotopic (exact) mass is 488 g/mol. The highest BCUT2D eigenvalue weighted by Crippen LogP contribution is 2.71. The minimum absolute atomic E-state index is 0.0404. The molecule has 4 aliphatic carbocycles. The van der Waals surface area contributed by atoms with Crippen LogP contribution in [0.3, 0.4) is 0 Å². The maximum absolute atomic E-state index is 17.3. The van der Waals surface area contributed by atoms with Crippen LogP contribution in [0, 0.1) is 28.6 Å². The lowest BCUT2D eigenvalue weighted by molar-refractivity contribution is -0.216. The van der Waals surface area contributed by atoms with E-state index in [0.29, 0.717) is 24.8 Å². The Morgan fingerprint density at radius 1 is 1.29 bits per heavy atom. The van der Waals surface area contributed by atoms with Crippen LogP contribution in [0.2, 0.25) is 0 Å². The van der Waals surface area contributed by atoms with Crippen LogP contribution in [0.1, 0.15) is 57.0 Å². The summed E-state index contributed by atoms with van der Waals surface area (Å²) in [6.07, 6.45) is 5.65. The quantitative estimate of drug-likeness (QED) is 0.488. The minimum Gasteiger partial charge on any atom is -0.457 e. The highest BCUT2D eigenvalue weighted by molar-refractivity contribution is 7.96. The molecule has 0 radical (unpaired) electrons. The van der Waals surface area contributed by atoms with Crippen LogP contribution >= 0.6 is 12.6 Å². The Balaban J connectivity index is 1.60. The van der Waals surface area contributed by atoms with Gasteiger partial charge in [0.05, 0.1) is 12.4 Å². The number of fused-ring (bicyclic) bond motifs is 5. The van der Waals surface area contributed by atoms with Crippen LogP contribution in [0.4, 0.5) is 4.39 Å². The average Bonchev–Trinajstić information content (AvgIpc) is 3.37. The average molecular weight is 489 g/mol. The van der Waals surface area contributed by atoms with Crippen molar-refractivity contribution in [2.45, 2.75) is 63.8 Å². The molecule has 6 nitrogen and oxygen atoms in total. The molecule has 0 aliphatic heterocycles. The number of esters is 1. The van der Waals surface area contributed by atoms with E-state index in [2.05, 4.69) is 12.6 Å². The SMILES string of the molecule is C[C@@H]1CC2C3CCC4=CC(=O)C=C[C@]4(C)[C@@]3(F)[C@@H](O)C[C@]2(C)[C@@]1(OC(=O)c1ccco1)C(=O)S. The number of thiol groups is 1. The van der Waals surface area contributed by atoms with Gasteiger partial charge in [0.2, 0.25) is 10.9 Å². The summed E-state index contributed by atoms with van der Waals surface area (Å²) < 4.78 is 28.4. The van der Waals surface area contributed by atoms with Gasteiger partial charge in [0.25, 0.3) is 0 Å². The zero-order valence-electron chi connectivity index (χ0n) is 19.4. The van der Waals surface area contributed by atoms with Gasteiger partial charge in [-0.25, -0.2) is 9.18 Å². The Morgan fingerprint density at radius 2 is 2.03 bits per heavy atom. The van der Waals surface area contributed by atoms with Crippen molar-refractivity contribution in [1.82, 2.24) is 0 Å². The van der Waals surface area contributed by atoms with Gasteiger partial charge in [0.15, 0.2) is 17.1 Å². The molecule has 1 aromatic rings. The smallest absolute Gasteiger partial charge is 0.375 e. The predicted octanol–water partition coefficient (Wildman–Crippen LogP) is 4.25. The molecule has 3 fully saturated rings. The molecule has 0 amide bonds. The number of alkyl halides is 1. The number of aliphatic hydroxyl groups is 1. The molecule has 1 N–H and O–H groups in total. The number of furan rings is 1. The summed E-state index contributed by atoms with van der Waals surface area (Å²) in [4.78, 5) is 38.1. The van der Waals surface area contributed by atoms with Crippen molar-refractivity contribution < 1.29 is 33.0 Å². The van der Waals surface area contributed by atoms with E-state index < -0.39 is 51.1 Å². The third kappa shape index (κ3) is 2.70. The van der Waals surface area contributed by atoms with E-state index in [-0.39, 0.29) is 23.9 Å². The molecule has 0 spiro atoms. The summed E-state index contributed by atoms with van der Waals surface area (Å²) in [7, 11) is 0. The topological polar surface area (TPSA) is 93.8 Å². The Labute approximate surface area is 203 Å². The molecule has 34 heavy (non-hydrogen) atoms. The molecule has 0 saturated heterocycles. The molecule has 1 heterocycles. The summed E-state index contributed by atoms with van der Waals surface area (Å²) in [5, 5.41) is 10.8. The van der Waals surface area contributed by atoms with Crippen LogP contribution < -0.4 is 0 Å². The van der Waals surface area contributed by atoms with E-state index in [1.165, 1.54) is 24.5 Å². The molecule has 2 unspecified atom stereocenters. The van der Waals surface area contributed by atoms with Crippen LogP contribution in [-0.2, 0) is 14.3 Å². The minimum atomic E-state index is -2.03. The highest BCUT2D eigenvalue weighted by atomic mass is 32.1. The van der Waals surface area contributed by atoms with Gasteiger partial charge in [-0.2, -0.15) is 0 Å². The second-order valence-corrected chi connectivity index (χ2v) is 11.2. The van der Waals surface area contributed by atoms with Gasteiger partial charge in [-0.15, -0.1) is 12.6 Å². The second-order valence-electron chi connectivity index (χ2n) is 10.8. The number of hydrogen-bond acceptors (Lipinski definition) is 6. The van der Waals surface area contributed by atoms with Crippen molar-refractivity contribution in [2.24, 2.45) is 28.6 Å². The van der Waals surface area contributed by atoms with Crippen LogP contribution in [0.15, 0.2) is 46.6 Å². The molecule has 8 heteroatoms. The van der Waals surface area contributed by atoms with Gasteiger partial charge >= 0.3 is 5.97 Å². The summed E-state index contributed by atoms with van der Waals surface area (Å²) in [6, 6.07) is 3.00. The molecular formula is C26H29FO6S. The molecule has 182 valence electrons. The standard InChI is InChI=1S/C26H29FO6S/c1-14-11-18-17-7-6-15-12-16(28)8-9-23(15,2)25(17,27)20(29)13-24(18,3)26(14,22(31)34)33-21(30)19-5-4-10-32-19/h4-5,8-10,12,14,17-18,20,29H,6-7,11,13H2,1-3H3,(H,31,34)/t14-,17?,18?,20+,23+,24+,25+,26+/m1/s1. The van der Waals surface area contributed by atoms with Gasteiger partial charge in [-0.05, 0) is 62.8 Å². The first-order chi connectivity index (χ1) is 15.9. The molecule has 0 aromatic carbocycles. The highest BCUT2D eigenvalue weighted by Gasteiger charge is 2.77. The first-order valence-corrected chi connectivity index (χ1v) is 12.2. The molecule has 0 bridgehead atoms. The van der Waals surface area contributed by atoms with E-state index in [4.69, 9.17) is 9.15 Å². The zero-order chi connectivity index (χ0) is 24.7. The largest absolute Gasteiger partial charge is 0.457 e. The lowest BCUT2D eigenvalue weighted by atomic mass is 9.45. The fourth-order valence-electron chi connectivity index (χ4n) is 7.84. The number of hydrogen-bond donors (Lipinski definition) is 2. The number of allylic oxidation sites excluding steroid dienone is 4. The molecular weight excluding hydrogens is 459 g/mol. The number of halogens is 1. The Kier molecular flexibility index (Phi) is 5.13. The van der Waals surface area contributed by atoms with Gasteiger partial charge in [-0.1, -0.05) is 25.5 Å².